The number of benzene rings is 1. The van der Waals surface area contributed by atoms with Crippen LogP contribution in [-0.2, 0) is 35.9 Å². The van der Waals surface area contributed by atoms with Crippen LogP contribution in [0.1, 0.15) is 59.2 Å². The maximum absolute atomic E-state index is 13.6. The van der Waals surface area contributed by atoms with Gasteiger partial charge in [-0.05, 0) is 107 Å². The zero-order valence-corrected chi connectivity index (χ0v) is 23.9. The standard InChI is InChI=1S/C24H33N5O4S.Na/c1-15-16(2)26-33-23(15)29(19-9-6-12-28(3)14-19)34(31,32)27-24(30)25-22-20-10-4-7-17(20)13-18-8-5-11-21(18)22;/h13,19H,4-12,14H2,1-3H3,(H2,25,27,30);/q;+1/p-1. The van der Waals surface area contributed by atoms with Crippen molar-refractivity contribution in [2.45, 2.75) is 71.3 Å². The van der Waals surface area contributed by atoms with Gasteiger partial charge in [-0.1, -0.05) is 11.2 Å². The average Bonchev–Trinajstić information content (AvgIpc) is 3.50. The maximum Gasteiger partial charge on any atom is 1.00 e. The maximum atomic E-state index is 13.6. The summed E-state index contributed by atoms with van der Waals surface area (Å²) in [5.74, 6) is 0.135. The predicted molar refractivity (Wildman–Crippen MR) is 131 cm³/mol. The molecule has 3 aliphatic rings. The minimum absolute atomic E-state index is 0. The van der Waals surface area contributed by atoms with Gasteiger partial charge in [0.2, 0.25) is 5.88 Å². The third kappa shape index (κ3) is 5.13. The summed E-state index contributed by atoms with van der Waals surface area (Å²) in [4.78, 5) is 15.1. The van der Waals surface area contributed by atoms with Gasteiger partial charge in [0.1, 0.15) is 0 Å². The number of aromatic nitrogens is 1. The molecule has 2 amide bonds. The molecule has 184 valence electrons. The van der Waals surface area contributed by atoms with E-state index in [0.29, 0.717) is 24.2 Å². The number of hydrogen-bond acceptors (Lipinski definition) is 6. The monoisotopic (exact) mass is 509 g/mol. The minimum atomic E-state index is -4.37. The van der Waals surface area contributed by atoms with Crippen LogP contribution < -0.4 is 39.2 Å². The number of fused-ring (bicyclic) bond motifs is 2. The molecule has 11 heteroatoms. The summed E-state index contributed by atoms with van der Waals surface area (Å²) in [5.41, 5.74) is 6.81. The van der Waals surface area contributed by atoms with E-state index in [2.05, 4.69) is 26.2 Å². The van der Waals surface area contributed by atoms with Crippen molar-refractivity contribution in [2.24, 2.45) is 0 Å². The van der Waals surface area contributed by atoms with Crippen LogP contribution >= 0.6 is 0 Å². The summed E-state index contributed by atoms with van der Waals surface area (Å²) in [6.07, 6.45) is 7.35. The van der Waals surface area contributed by atoms with Crippen molar-refractivity contribution in [2.75, 3.05) is 29.8 Å². The Morgan fingerprint density at radius 2 is 1.80 bits per heavy atom. The number of carbonyl (C=O) groups excluding carboxylic acids is 1. The molecule has 0 saturated carbocycles. The van der Waals surface area contributed by atoms with Crippen LogP contribution in [0.25, 0.3) is 4.72 Å². The molecule has 1 unspecified atom stereocenters. The van der Waals surface area contributed by atoms with Gasteiger partial charge in [0.15, 0.2) is 6.03 Å². The fourth-order valence-corrected chi connectivity index (χ4v) is 6.92. The van der Waals surface area contributed by atoms with E-state index in [0.717, 1.165) is 72.6 Å². The van der Waals surface area contributed by atoms with Gasteiger partial charge in [-0.15, -0.1) is 0 Å². The molecule has 2 heterocycles. The van der Waals surface area contributed by atoms with Crippen LogP contribution in [0.4, 0.5) is 16.4 Å². The molecule has 1 aromatic heterocycles. The summed E-state index contributed by atoms with van der Waals surface area (Å²) in [6.45, 7) is 4.95. The predicted octanol–water partition coefficient (Wildman–Crippen LogP) is 1.02. The van der Waals surface area contributed by atoms with Crippen molar-refractivity contribution in [1.29, 1.82) is 0 Å². The van der Waals surface area contributed by atoms with E-state index in [1.165, 1.54) is 11.1 Å². The van der Waals surface area contributed by atoms with Crippen LogP contribution in [0, 0.1) is 13.8 Å². The molecule has 1 aromatic carbocycles. The summed E-state index contributed by atoms with van der Waals surface area (Å²) in [6, 6.07) is 1.01. The van der Waals surface area contributed by atoms with Crippen molar-refractivity contribution in [1.82, 2.24) is 10.1 Å². The third-order valence-corrected chi connectivity index (χ3v) is 8.77. The van der Waals surface area contributed by atoms with E-state index >= 15 is 0 Å². The van der Waals surface area contributed by atoms with Crippen molar-refractivity contribution < 1.29 is 47.3 Å². The van der Waals surface area contributed by atoms with E-state index in [1.807, 2.05) is 7.05 Å². The quantitative estimate of drug-likeness (QED) is 0.603. The smallest absolute Gasteiger partial charge is 0.423 e. The van der Waals surface area contributed by atoms with E-state index in [4.69, 9.17) is 4.52 Å². The Bertz CT molecular complexity index is 1200. The molecule has 35 heavy (non-hydrogen) atoms. The van der Waals surface area contributed by atoms with Crippen LogP contribution in [0.15, 0.2) is 10.6 Å². The number of amides is 2. The van der Waals surface area contributed by atoms with Crippen LogP contribution in [0.5, 0.6) is 0 Å². The molecule has 5 rings (SSSR count). The van der Waals surface area contributed by atoms with Gasteiger partial charge in [-0.25, -0.2) is 12.7 Å². The molecule has 1 fully saturated rings. The van der Waals surface area contributed by atoms with Gasteiger partial charge >= 0.3 is 29.6 Å². The molecule has 1 N–H and O–H groups in total. The number of hydrogen-bond donors (Lipinski definition) is 1. The number of carbonyl (C=O) groups is 1. The van der Waals surface area contributed by atoms with Gasteiger partial charge in [0, 0.05) is 12.1 Å². The van der Waals surface area contributed by atoms with E-state index in [1.54, 1.807) is 13.8 Å². The zero-order chi connectivity index (χ0) is 24.0. The number of aryl methyl sites for hydroxylation is 3. The second-order valence-electron chi connectivity index (χ2n) is 9.79. The largest absolute Gasteiger partial charge is 1.00 e. The van der Waals surface area contributed by atoms with Crippen molar-refractivity contribution in [3.63, 3.8) is 0 Å². The number of urea groups is 1. The normalized spacial score (nSPS) is 19.6. The van der Waals surface area contributed by atoms with Crippen molar-refractivity contribution in [3.8, 4) is 0 Å². The first-order chi connectivity index (χ1) is 16.2. The Kier molecular flexibility index (Phi) is 7.88. The summed E-state index contributed by atoms with van der Waals surface area (Å²) in [5, 5.41) is 6.82. The zero-order valence-electron chi connectivity index (χ0n) is 21.1. The van der Waals surface area contributed by atoms with E-state index in [-0.39, 0.29) is 35.4 Å². The van der Waals surface area contributed by atoms with Crippen molar-refractivity contribution in [3.05, 3.63) is 44.3 Å². The molecule has 0 bridgehead atoms. The summed E-state index contributed by atoms with van der Waals surface area (Å²) in [7, 11) is -2.42. The molecular weight excluding hydrogens is 477 g/mol. The second kappa shape index (κ2) is 10.4. The van der Waals surface area contributed by atoms with Gasteiger partial charge in [-0.2, -0.15) is 0 Å². The van der Waals surface area contributed by atoms with Gasteiger partial charge in [0.25, 0.3) is 10.2 Å². The molecule has 2 aliphatic carbocycles. The molecule has 1 aliphatic heterocycles. The summed E-state index contributed by atoms with van der Waals surface area (Å²) >= 11 is 0. The number of piperidine rings is 1. The number of anilines is 2. The van der Waals surface area contributed by atoms with Crippen LogP contribution in [0.3, 0.4) is 0 Å². The molecule has 9 nitrogen and oxygen atoms in total. The van der Waals surface area contributed by atoms with Gasteiger partial charge in [-0.3, -0.25) is 4.79 Å². The SMILES string of the molecule is Cc1noc(N(C2CCCN(C)C2)S(=O)(=O)[N-]C(=O)Nc2c3c(cc4c2CCC4)CCC3)c1C.[Na+]. The number of likely N-dealkylation sites (N-methyl/N-ethyl adjacent to an activating group) is 1. The van der Waals surface area contributed by atoms with Crippen LogP contribution in [-0.4, -0.2) is 50.7 Å². The van der Waals surface area contributed by atoms with E-state index < -0.39 is 22.3 Å². The summed E-state index contributed by atoms with van der Waals surface area (Å²) < 4.78 is 37.4. The number of nitrogens with one attached hydrogen (secondary N) is 1. The molecule has 0 spiro atoms. The molecule has 1 atom stereocenters. The Hall–Kier alpha value is -1.59. The van der Waals surface area contributed by atoms with Crippen LogP contribution in [0.2, 0.25) is 0 Å². The molecule has 1 saturated heterocycles. The topological polar surface area (TPSA) is 110 Å². The Morgan fingerprint density at radius 1 is 1.14 bits per heavy atom. The fourth-order valence-electron chi connectivity index (χ4n) is 5.64. The molecule has 2 aromatic rings. The second-order valence-corrected chi connectivity index (χ2v) is 11.3. The van der Waals surface area contributed by atoms with E-state index in [9.17, 15) is 13.2 Å². The Morgan fingerprint density at radius 3 is 2.37 bits per heavy atom. The van der Waals surface area contributed by atoms with Crippen molar-refractivity contribution >= 4 is 27.8 Å². The molecule has 0 radical (unpaired) electrons. The van der Waals surface area contributed by atoms with Gasteiger partial charge in [0.05, 0.1) is 11.7 Å². The average molecular weight is 510 g/mol. The Labute approximate surface area is 229 Å². The Balaban J connectivity index is 0.00000289. The number of likely N-dealkylation sites (tertiary alicyclic amines) is 1. The first-order valence-electron chi connectivity index (χ1n) is 12.1. The van der Waals surface area contributed by atoms with Gasteiger partial charge < -0.3 is 19.5 Å². The number of nitrogens with zero attached hydrogens (tertiary/aromatic N) is 4. The minimum Gasteiger partial charge on any atom is -0.423 e. The first-order valence-corrected chi connectivity index (χ1v) is 13.5. The molecular formula is C24H32N5NaO4S. The third-order valence-electron chi connectivity index (χ3n) is 7.42. The fraction of sp³-hybridized carbons (Fsp3) is 0.583. The number of rotatable bonds is 5. The first kappa shape index (κ1) is 26.5.